The Bertz CT molecular complexity index is 1070. The summed E-state index contributed by atoms with van der Waals surface area (Å²) in [5, 5.41) is 10.9. The van der Waals surface area contributed by atoms with E-state index in [1.807, 2.05) is 0 Å². The first-order valence-electron chi connectivity index (χ1n) is 7.34. The molecule has 1 N–H and O–H groups in total. The molecule has 0 spiro atoms. The standard InChI is InChI=1S/C17H13ClN2O3/c18-10-3-1-4-11(9-10)20-16(22)13-6-7-14(21)12-5-2-8-19(15(12)13)17(20)23/h1,3-4,6-7,9,21H,2,5,8H2. The van der Waals surface area contributed by atoms with E-state index < -0.39 is 11.2 Å². The van der Waals surface area contributed by atoms with Crippen LogP contribution in [-0.2, 0) is 13.0 Å². The van der Waals surface area contributed by atoms with E-state index in [9.17, 15) is 14.7 Å². The number of halogens is 1. The SMILES string of the molecule is O=c1c2ccc(O)c3c2n(c(=O)n1-c1cccc(Cl)c1)CCC3. The molecule has 0 aliphatic carbocycles. The number of aromatic hydroxyl groups is 1. The van der Waals surface area contributed by atoms with E-state index in [1.54, 1.807) is 34.9 Å². The number of nitrogens with zero attached hydrogens (tertiary/aromatic N) is 2. The van der Waals surface area contributed by atoms with Crippen molar-refractivity contribution < 1.29 is 5.11 Å². The third-order valence-corrected chi connectivity index (χ3v) is 4.49. The number of benzene rings is 2. The van der Waals surface area contributed by atoms with E-state index in [2.05, 4.69) is 0 Å². The smallest absolute Gasteiger partial charge is 0.336 e. The van der Waals surface area contributed by atoms with Crippen molar-refractivity contribution in [3.05, 3.63) is 67.8 Å². The van der Waals surface area contributed by atoms with Gasteiger partial charge in [-0.05, 0) is 43.2 Å². The summed E-state index contributed by atoms with van der Waals surface area (Å²) in [5.41, 5.74) is 0.854. The van der Waals surface area contributed by atoms with Crippen LogP contribution in [0.2, 0.25) is 5.02 Å². The highest BCUT2D eigenvalue weighted by Crippen LogP contribution is 2.29. The molecule has 0 saturated heterocycles. The van der Waals surface area contributed by atoms with E-state index in [4.69, 9.17) is 11.6 Å². The van der Waals surface area contributed by atoms with Crippen molar-refractivity contribution >= 4 is 22.5 Å². The monoisotopic (exact) mass is 328 g/mol. The number of aromatic nitrogens is 2. The Labute approximate surface area is 136 Å². The van der Waals surface area contributed by atoms with Crippen molar-refractivity contribution in [3.8, 4) is 11.4 Å². The number of rotatable bonds is 1. The Morgan fingerprint density at radius 1 is 1.13 bits per heavy atom. The molecule has 5 nitrogen and oxygen atoms in total. The molecule has 116 valence electrons. The predicted octanol–water partition coefficient (Wildman–Crippen LogP) is 2.46. The fourth-order valence-corrected chi connectivity index (χ4v) is 3.43. The first-order valence-corrected chi connectivity index (χ1v) is 7.72. The molecule has 3 aromatic rings. The number of hydrogen-bond donors (Lipinski definition) is 1. The van der Waals surface area contributed by atoms with Crippen molar-refractivity contribution in [3.63, 3.8) is 0 Å². The first kappa shape index (κ1) is 14.1. The minimum absolute atomic E-state index is 0.130. The minimum Gasteiger partial charge on any atom is -0.508 e. The fourth-order valence-electron chi connectivity index (χ4n) is 3.24. The lowest BCUT2D eigenvalue weighted by molar-refractivity contribution is 0.461. The van der Waals surface area contributed by atoms with E-state index in [1.165, 1.54) is 6.07 Å². The molecular weight excluding hydrogens is 316 g/mol. The average molecular weight is 329 g/mol. The molecule has 2 heterocycles. The van der Waals surface area contributed by atoms with Crippen LogP contribution in [0.5, 0.6) is 5.75 Å². The molecule has 0 bridgehead atoms. The van der Waals surface area contributed by atoms with Gasteiger partial charge in [0.15, 0.2) is 0 Å². The van der Waals surface area contributed by atoms with Gasteiger partial charge in [0, 0.05) is 17.1 Å². The first-order chi connectivity index (χ1) is 11.1. The molecule has 4 rings (SSSR count). The quantitative estimate of drug-likeness (QED) is 0.746. The van der Waals surface area contributed by atoms with E-state index in [-0.39, 0.29) is 5.75 Å². The predicted molar refractivity (Wildman–Crippen MR) is 88.8 cm³/mol. The lowest BCUT2D eigenvalue weighted by Crippen LogP contribution is -2.40. The van der Waals surface area contributed by atoms with Crippen LogP contribution in [0.4, 0.5) is 0 Å². The molecule has 0 saturated carbocycles. The Hall–Kier alpha value is -2.53. The van der Waals surface area contributed by atoms with Crippen LogP contribution in [0.25, 0.3) is 16.6 Å². The van der Waals surface area contributed by atoms with E-state index >= 15 is 0 Å². The molecule has 0 amide bonds. The number of phenolic OH excluding ortho intramolecular Hbond substituents is 1. The lowest BCUT2D eigenvalue weighted by Gasteiger charge is -2.21. The van der Waals surface area contributed by atoms with Crippen molar-refractivity contribution in [1.29, 1.82) is 0 Å². The highest BCUT2D eigenvalue weighted by molar-refractivity contribution is 6.30. The van der Waals surface area contributed by atoms with E-state index in [0.717, 1.165) is 11.0 Å². The molecule has 0 radical (unpaired) electrons. The maximum absolute atomic E-state index is 12.8. The van der Waals surface area contributed by atoms with Gasteiger partial charge in [-0.1, -0.05) is 17.7 Å². The van der Waals surface area contributed by atoms with Gasteiger partial charge in [0.2, 0.25) is 0 Å². The Morgan fingerprint density at radius 2 is 1.96 bits per heavy atom. The molecule has 6 heteroatoms. The van der Waals surface area contributed by atoms with Crippen LogP contribution in [0.15, 0.2) is 46.0 Å². The van der Waals surface area contributed by atoms with E-state index in [0.29, 0.717) is 40.1 Å². The number of hydrogen-bond acceptors (Lipinski definition) is 3. The normalized spacial score (nSPS) is 13.4. The van der Waals surface area contributed by atoms with Crippen LogP contribution in [0.3, 0.4) is 0 Å². The second kappa shape index (κ2) is 4.99. The highest BCUT2D eigenvalue weighted by atomic mass is 35.5. The summed E-state index contributed by atoms with van der Waals surface area (Å²) in [5.74, 6) is 0.130. The summed E-state index contributed by atoms with van der Waals surface area (Å²) in [7, 11) is 0. The Balaban J connectivity index is 2.19. The average Bonchev–Trinajstić information content (AvgIpc) is 2.54. The summed E-state index contributed by atoms with van der Waals surface area (Å²) in [6, 6.07) is 9.74. The van der Waals surface area contributed by atoms with Gasteiger partial charge in [0.05, 0.1) is 16.6 Å². The summed E-state index contributed by atoms with van der Waals surface area (Å²) < 4.78 is 2.70. The van der Waals surface area contributed by atoms with Gasteiger partial charge in [-0.15, -0.1) is 0 Å². The van der Waals surface area contributed by atoms with Crippen LogP contribution < -0.4 is 11.2 Å². The van der Waals surface area contributed by atoms with Crippen LogP contribution in [0, 0.1) is 0 Å². The van der Waals surface area contributed by atoms with Gasteiger partial charge in [-0.25, -0.2) is 9.36 Å². The van der Waals surface area contributed by atoms with Crippen molar-refractivity contribution in [2.45, 2.75) is 19.4 Å². The Morgan fingerprint density at radius 3 is 2.74 bits per heavy atom. The second-order valence-corrected chi connectivity index (χ2v) is 6.05. The lowest BCUT2D eigenvalue weighted by atomic mass is 10.0. The number of aryl methyl sites for hydroxylation is 2. The van der Waals surface area contributed by atoms with Crippen molar-refractivity contribution in [2.75, 3.05) is 0 Å². The molecule has 1 aromatic heterocycles. The zero-order chi connectivity index (χ0) is 16.1. The Kier molecular flexibility index (Phi) is 3.06. The molecular formula is C17H13ClN2O3. The van der Waals surface area contributed by atoms with Crippen LogP contribution in [0.1, 0.15) is 12.0 Å². The molecule has 0 fully saturated rings. The van der Waals surface area contributed by atoms with Crippen molar-refractivity contribution in [1.82, 2.24) is 9.13 Å². The summed E-state index contributed by atoms with van der Waals surface area (Å²) >= 11 is 5.99. The fraction of sp³-hybridized carbons (Fsp3) is 0.176. The summed E-state index contributed by atoms with van der Waals surface area (Å²) in [4.78, 5) is 25.7. The summed E-state index contributed by atoms with van der Waals surface area (Å²) in [6.07, 6.45) is 1.40. The zero-order valence-electron chi connectivity index (χ0n) is 12.1. The summed E-state index contributed by atoms with van der Waals surface area (Å²) in [6.45, 7) is 0.520. The molecule has 1 aliphatic heterocycles. The van der Waals surface area contributed by atoms with Crippen LogP contribution in [-0.4, -0.2) is 14.2 Å². The van der Waals surface area contributed by atoms with Gasteiger partial charge in [-0.2, -0.15) is 0 Å². The maximum atomic E-state index is 12.8. The van der Waals surface area contributed by atoms with Crippen molar-refractivity contribution in [2.24, 2.45) is 0 Å². The second-order valence-electron chi connectivity index (χ2n) is 5.62. The van der Waals surface area contributed by atoms with Gasteiger partial charge >= 0.3 is 5.69 Å². The van der Waals surface area contributed by atoms with Crippen LogP contribution >= 0.6 is 11.6 Å². The minimum atomic E-state index is -0.406. The zero-order valence-corrected chi connectivity index (χ0v) is 12.9. The number of phenols is 1. The molecule has 0 unspecified atom stereocenters. The molecule has 2 aromatic carbocycles. The van der Waals surface area contributed by atoms with Gasteiger partial charge in [0.25, 0.3) is 5.56 Å². The third-order valence-electron chi connectivity index (χ3n) is 4.26. The van der Waals surface area contributed by atoms with Gasteiger partial charge in [-0.3, -0.25) is 9.36 Å². The topological polar surface area (TPSA) is 64.2 Å². The molecule has 23 heavy (non-hydrogen) atoms. The third kappa shape index (κ3) is 2.00. The molecule has 1 aliphatic rings. The highest BCUT2D eigenvalue weighted by Gasteiger charge is 2.21. The maximum Gasteiger partial charge on any atom is 0.336 e. The van der Waals surface area contributed by atoms with Gasteiger partial charge < -0.3 is 5.11 Å². The van der Waals surface area contributed by atoms with Gasteiger partial charge in [0.1, 0.15) is 5.75 Å². The largest absolute Gasteiger partial charge is 0.508 e. The molecule has 0 atom stereocenters.